The van der Waals surface area contributed by atoms with Gasteiger partial charge in [0.1, 0.15) is 24.6 Å². The molecule has 0 aliphatic carbocycles. The normalized spacial score (nSPS) is 22.1. The average Bonchev–Trinajstić information content (AvgIpc) is 2.60. The standard InChI is InChI=1S/C9H9F2N3O2/c1-5(10)6-4-16-9(15)14(6)7-2-3-12-8(11)13-7/h2-3,5-6H,4H2,1H3. The molecule has 1 aromatic heterocycles. The Bertz CT molecular complexity index is 413. The van der Waals surface area contributed by atoms with Gasteiger partial charge in [0.25, 0.3) is 0 Å². The molecule has 7 heteroatoms. The summed E-state index contributed by atoms with van der Waals surface area (Å²) in [5.41, 5.74) is 0. The van der Waals surface area contributed by atoms with Crippen molar-refractivity contribution in [3.8, 4) is 0 Å². The zero-order valence-electron chi connectivity index (χ0n) is 8.43. The Balaban J connectivity index is 2.33. The lowest BCUT2D eigenvalue weighted by Gasteiger charge is -2.20. The molecule has 1 saturated heterocycles. The van der Waals surface area contributed by atoms with Crippen LogP contribution in [0.5, 0.6) is 0 Å². The van der Waals surface area contributed by atoms with Gasteiger partial charge in [-0.1, -0.05) is 0 Å². The predicted octanol–water partition coefficient (Wildman–Crippen LogP) is 1.30. The van der Waals surface area contributed by atoms with Gasteiger partial charge < -0.3 is 4.74 Å². The van der Waals surface area contributed by atoms with Gasteiger partial charge in [-0.2, -0.15) is 9.37 Å². The molecule has 16 heavy (non-hydrogen) atoms. The molecule has 2 rings (SSSR count). The number of amides is 1. The summed E-state index contributed by atoms with van der Waals surface area (Å²) in [6.07, 6.45) is -1.83. The summed E-state index contributed by atoms with van der Waals surface area (Å²) in [5, 5.41) is 0. The van der Waals surface area contributed by atoms with E-state index in [-0.39, 0.29) is 12.4 Å². The number of carbonyl (C=O) groups excluding carboxylic acids is 1. The van der Waals surface area contributed by atoms with Crippen LogP contribution in [0.4, 0.5) is 19.4 Å². The number of ether oxygens (including phenoxy) is 1. The largest absolute Gasteiger partial charge is 0.447 e. The monoisotopic (exact) mass is 229 g/mol. The van der Waals surface area contributed by atoms with Crippen LogP contribution in [-0.2, 0) is 4.74 Å². The van der Waals surface area contributed by atoms with Crippen LogP contribution < -0.4 is 4.90 Å². The number of halogens is 2. The fraction of sp³-hybridized carbons (Fsp3) is 0.444. The number of nitrogens with zero attached hydrogens (tertiary/aromatic N) is 3. The highest BCUT2D eigenvalue weighted by Gasteiger charge is 2.38. The minimum absolute atomic E-state index is 0.00417. The van der Waals surface area contributed by atoms with E-state index >= 15 is 0 Å². The highest BCUT2D eigenvalue weighted by atomic mass is 19.1. The molecular formula is C9H9F2N3O2. The number of aromatic nitrogens is 2. The molecule has 2 atom stereocenters. The van der Waals surface area contributed by atoms with Crippen LogP contribution in [-0.4, -0.2) is 34.9 Å². The Labute approximate surface area is 90.1 Å². The van der Waals surface area contributed by atoms with Crippen LogP contribution in [0.3, 0.4) is 0 Å². The maximum absolute atomic E-state index is 13.2. The third-order valence-electron chi connectivity index (χ3n) is 2.29. The topological polar surface area (TPSA) is 55.3 Å². The van der Waals surface area contributed by atoms with Gasteiger partial charge in [-0.15, -0.1) is 0 Å². The molecule has 1 fully saturated rings. The molecule has 0 bridgehead atoms. The van der Waals surface area contributed by atoms with Gasteiger partial charge in [-0.05, 0) is 13.0 Å². The van der Waals surface area contributed by atoms with Crippen LogP contribution in [0.25, 0.3) is 0 Å². The molecular weight excluding hydrogens is 220 g/mol. The summed E-state index contributed by atoms with van der Waals surface area (Å²) in [5.74, 6) is 0.00417. The molecule has 1 aliphatic heterocycles. The van der Waals surface area contributed by atoms with Gasteiger partial charge in [-0.25, -0.2) is 14.2 Å². The fourth-order valence-electron chi connectivity index (χ4n) is 1.50. The molecule has 0 aromatic carbocycles. The number of carbonyl (C=O) groups is 1. The number of alkyl halides is 1. The first-order valence-electron chi connectivity index (χ1n) is 4.68. The first-order valence-corrected chi connectivity index (χ1v) is 4.68. The SMILES string of the molecule is CC(F)C1COC(=O)N1c1ccnc(F)n1. The summed E-state index contributed by atoms with van der Waals surface area (Å²) in [6, 6.07) is 0.548. The molecule has 5 nitrogen and oxygen atoms in total. The minimum atomic E-state index is -1.29. The van der Waals surface area contributed by atoms with Gasteiger partial charge in [-0.3, -0.25) is 4.90 Å². The number of hydrogen-bond donors (Lipinski definition) is 0. The van der Waals surface area contributed by atoms with Gasteiger partial charge in [0.05, 0.1) is 0 Å². The van der Waals surface area contributed by atoms with E-state index in [2.05, 4.69) is 9.97 Å². The first kappa shape index (κ1) is 10.7. The zero-order chi connectivity index (χ0) is 11.7. The summed E-state index contributed by atoms with van der Waals surface area (Å²) >= 11 is 0. The van der Waals surface area contributed by atoms with E-state index in [0.29, 0.717) is 0 Å². The van der Waals surface area contributed by atoms with Crippen molar-refractivity contribution in [1.82, 2.24) is 9.97 Å². The smallest absolute Gasteiger partial charge is 0.416 e. The predicted molar refractivity (Wildman–Crippen MR) is 50.2 cm³/mol. The average molecular weight is 229 g/mol. The Morgan fingerprint density at radius 3 is 3.06 bits per heavy atom. The molecule has 0 saturated carbocycles. The van der Waals surface area contributed by atoms with Crippen LogP contribution in [0, 0.1) is 6.08 Å². The van der Waals surface area contributed by atoms with E-state index in [0.717, 1.165) is 11.1 Å². The van der Waals surface area contributed by atoms with Crippen LogP contribution in [0.2, 0.25) is 0 Å². The van der Waals surface area contributed by atoms with Crippen molar-refractivity contribution in [3.05, 3.63) is 18.3 Å². The van der Waals surface area contributed by atoms with Gasteiger partial charge >= 0.3 is 12.2 Å². The van der Waals surface area contributed by atoms with Crippen molar-refractivity contribution in [2.75, 3.05) is 11.5 Å². The Hall–Kier alpha value is -1.79. The lowest BCUT2D eigenvalue weighted by molar-refractivity contribution is 0.174. The van der Waals surface area contributed by atoms with E-state index in [1.165, 1.54) is 13.0 Å². The molecule has 1 amide bonds. The number of anilines is 1. The first-order chi connectivity index (χ1) is 7.59. The van der Waals surface area contributed by atoms with E-state index in [1.54, 1.807) is 0 Å². The number of hydrogen-bond acceptors (Lipinski definition) is 4. The Morgan fingerprint density at radius 2 is 2.44 bits per heavy atom. The maximum atomic E-state index is 13.2. The van der Waals surface area contributed by atoms with Crippen LogP contribution >= 0.6 is 0 Å². The quantitative estimate of drug-likeness (QED) is 0.717. The van der Waals surface area contributed by atoms with Gasteiger partial charge in [0.15, 0.2) is 0 Å². The molecule has 1 aliphatic rings. The summed E-state index contributed by atoms with van der Waals surface area (Å²) in [7, 11) is 0. The fourth-order valence-corrected chi connectivity index (χ4v) is 1.50. The van der Waals surface area contributed by atoms with Crippen molar-refractivity contribution in [2.24, 2.45) is 0 Å². The van der Waals surface area contributed by atoms with Crippen molar-refractivity contribution >= 4 is 11.9 Å². The molecule has 0 spiro atoms. The van der Waals surface area contributed by atoms with E-state index in [1.807, 2.05) is 0 Å². The minimum Gasteiger partial charge on any atom is -0.447 e. The second kappa shape index (κ2) is 3.99. The lowest BCUT2D eigenvalue weighted by Crippen LogP contribution is -2.39. The second-order valence-electron chi connectivity index (χ2n) is 3.38. The Kier molecular flexibility index (Phi) is 2.67. The van der Waals surface area contributed by atoms with Crippen LogP contribution in [0.15, 0.2) is 12.3 Å². The van der Waals surface area contributed by atoms with Gasteiger partial charge in [0.2, 0.25) is 0 Å². The van der Waals surface area contributed by atoms with Crippen LogP contribution in [0.1, 0.15) is 6.92 Å². The van der Waals surface area contributed by atoms with E-state index in [9.17, 15) is 13.6 Å². The van der Waals surface area contributed by atoms with Crippen molar-refractivity contribution in [3.63, 3.8) is 0 Å². The second-order valence-corrected chi connectivity index (χ2v) is 3.38. The summed E-state index contributed by atoms with van der Waals surface area (Å²) in [4.78, 5) is 19.0. The van der Waals surface area contributed by atoms with Crippen molar-refractivity contribution in [2.45, 2.75) is 19.1 Å². The molecule has 2 unspecified atom stereocenters. The van der Waals surface area contributed by atoms with Gasteiger partial charge in [0, 0.05) is 6.20 Å². The molecule has 0 N–H and O–H groups in total. The van der Waals surface area contributed by atoms with E-state index in [4.69, 9.17) is 4.74 Å². The number of cyclic esters (lactones) is 1. The van der Waals surface area contributed by atoms with Crippen molar-refractivity contribution in [1.29, 1.82) is 0 Å². The summed E-state index contributed by atoms with van der Waals surface area (Å²) < 4.78 is 30.7. The lowest BCUT2D eigenvalue weighted by atomic mass is 10.2. The molecule has 0 radical (unpaired) electrons. The molecule has 86 valence electrons. The highest BCUT2D eigenvalue weighted by Crippen LogP contribution is 2.23. The highest BCUT2D eigenvalue weighted by molar-refractivity contribution is 5.89. The molecule has 1 aromatic rings. The third-order valence-corrected chi connectivity index (χ3v) is 2.29. The van der Waals surface area contributed by atoms with E-state index < -0.39 is 24.4 Å². The Morgan fingerprint density at radius 1 is 1.69 bits per heavy atom. The summed E-state index contributed by atoms with van der Waals surface area (Å²) in [6.45, 7) is 1.24. The zero-order valence-corrected chi connectivity index (χ0v) is 8.43. The molecule has 2 heterocycles. The van der Waals surface area contributed by atoms with Crippen molar-refractivity contribution < 1.29 is 18.3 Å². The third kappa shape index (κ3) is 1.80. The maximum Gasteiger partial charge on any atom is 0.416 e. The number of rotatable bonds is 2.